The highest BCUT2D eigenvalue weighted by atomic mass is 35.5. The first kappa shape index (κ1) is 17.9. The number of sulfonamides is 1. The fraction of sp³-hybridized carbons (Fsp3) is 0.500. The molecule has 0 saturated carbocycles. The summed E-state index contributed by atoms with van der Waals surface area (Å²) in [6.07, 6.45) is 0.811. The predicted molar refractivity (Wildman–Crippen MR) is 84.0 cm³/mol. The molecule has 118 valence electrons. The van der Waals surface area contributed by atoms with Gasteiger partial charge in [0.1, 0.15) is 0 Å². The zero-order valence-corrected chi connectivity index (χ0v) is 14.3. The summed E-state index contributed by atoms with van der Waals surface area (Å²) < 4.78 is 23.2. The second kappa shape index (κ2) is 6.77. The van der Waals surface area contributed by atoms with Crippen molar-refractivity contribution in [2.75, 3.05) is 6.54 Å². The number of primary sulfonamides is 1. The van der Waals surface area contributed by atoms with Gasteiger partial charge >= 0.3 is 0 Å². The summed E-state index contributed by atoms with van der Waals surface area (Å²) in [5.74, 6) is -0.239. The molecule has 7 heteroatoms. The van der Waals surface area contributed by atoms with Gasteiger partial charge in [0.2, 0.25) is 10.0 Å². The molecule has 1 rings (SSSR count). The number of benzene rings is 1. The third-order valence-electron chi connectivity index (χ3n) is 3.21. The summed E-state index contributed by atoms with van der Waals surface area (Å²) in [5.41, 5.74) is 0.599. The summed E-state index contributed by atoms with van der Waals surface area (Å²) in [6, 6.07) is 2.76. The molecule has 0 spiro atoms. The van der Waals surface area contributed by atoms with E-state index in [4.69, 9.17) is 16.7 Å². The molecule has 0 fully saturated rings. The molecule has 1 aromatic carbocycles. The van der Waals surface area contributed by atoms with E-state index in [0.29, 0.717) is 12.1 Å². The van der Waals surface area contributed by atoms with E-state index in [2.05, 4.69) is 0 Å². The molecule has 0 bridgehead atoms. The van der Waals surface area contributed by atoms with Crippen LogP contribution in [0.3, 0.4) is 0 Å². The molecule has 0 heterocycles. The summed E-state index contributed by atoms with van der Waals surface area (Å²) in [6.45, 7) is 7.95. The third kappa shape index (κ3) is 4.18. The Hall–Kier alpha value is -1.11. The van der Waals surface area contributed by atoms with Crippen LogP contribution in [0.25, 0.3) is 0 Å². The van der Waals surface area contributed by atoms with E-state index < -0.39 is 10.0 Å². The number of hydrogen-bond donors (Lipinski definition) is 1. The molecule has 0 aromatic heterocycles. The first-order valence-electron chi connectivity index (χ1n) is 6.73. The fourth-order valence-electron chi connectivity index (χ4n) is 2.16. The van der Waals surface area contributed by atoms with Gasteiger partial charge in [-0.15, -0.1) is 0 Å². The molecule has 0 saturated heterocycles. The number of amides is 1. The van der Waals surface area contributed by atoms with Crippen molar-refractivity contribution in [3.8, 4) is 0 Å². The monoisotopic (exact) mass is 332 g/mol. The smallest absolute Gasteiger partial charge is 0.254 e. The quantitative estimate of drug-likeness (QED) is 0.899. The van der Waals surface area contributed by atoms with Crippen molar-refractivity contribution in [3.05, 3.63) is 28.3 Å². The second-order valence-corrected chi connectivity index (χ2v) is 7.18. The van der Waals surface area contributed by atoms with E-state index in [1.165, 1.54) is 12.1 Å². The lowest BCUT2D eigenvalue weighted by molar-refractivity contribution is 0.0705. The van der Waals surface area contributed by atoms with Gasteiger partial charge in [-0.3, -0.25) is 4.79 Å². The molecule has 1 amide bonds. The van der Waals surface area contributed by atoms with Crippen molar-refractivity contribution < 1.29 is 13.2 Å². The Kier molecular flexibility index (Phi) is 5.78. The van der Waals surface area contributed by atoms with Crippen molar-refractivity contribution in [2.24, 2.45) is 5.14 Å². The van der Waals surface area contributed by atoms with E-state index in [1.54, 1.807) is 11.8 Å². The minimum Gasteiger partial charge on any atom is -0.336 e. The minimum atomic E-state index is -3.93. The highest BCUT2D eigenvalue weighted by Crippen LogP contribution is 2.25. The Labute approximate surface area is 131 Å². The van der Waals surface area contributed by atoms with Crippen LogP contribution in [0.2, 0.25) is 5.02 Å². The molecule has 0 radical (unpaired) electrons. The second-order valence-electron chi connectivity index (χ2n) is 5.21. The molecule has 0 atom stereocenters. The number of carbonyl (C=O) groups is 1. The van der Waals surface area contributed by atoms with E-state index >= 15 is 0 Å². The predicted octanol–water partition coefficient (Wildman–Crippen LogP) is 2.56. The van der Waals surface area contributed by atoms with Gasteiger partial charge in [0.15, 0.2) is 0 Å². The highest BCUT2D eigenvalue weighted by Gasteiger charge is 2.24. The zero-order valence-electron chi connectivity index (χ0n) is 12.7. The Morgan fingerprint density at radius 2 is 1.95 bits per heavy atom. The van der Waals surface area contributed by atoms with Crippen LogP contribution in [0.4, 0.5) is 0 Å². The molecule has 0 aliphatic carbocycles. The van der Waals surface area contributed by atoms with Gasteiger partial charge in [0.25, 0.3) is 5.91 Å². The van der Waals surface area contributed by atoms with Crippen LogP contribution < -0.4 is 5.14 Å². The van der Waals surface area contributed by atoms with Crippen LogP contribution in [0.15, 0.2) is 17.0 Å². The maximum absolute atomic E-state index is 12.7. The van der Waals surface area contributed by atoms with Gasteiger partial charge in [-0.25, -0.2) is 13.6 Å². The first-order chi connectivity index (χ1) is 9.59. The van der Waals surface area contributed by atoms with Gasteiger partial charge in [0.05, 0.1) is 4.90 Å². The molecule has 0 unspecified atom stereocenters. The average molecular weight is 333 g/mol. The summed E-state index contributed by atoms with van der Waals surface area (Å²) in [7, 11) is -3.93. The van der Waals surface area contributed by atoms with Crippen LogP contribution in [-0.4, -0.2) is 31.8 Å². The lowest BCUT2D eigenvalue weighted by Gasteiger charge is -2.27. The Morgan fingerprint density at radius 3 is 2.38 bits per heavy atom. The topological polar surface area (TPSA) is 80.5 Å². The van der Waals surface area contributed by atoms with Gasteiger partial charge in [-0.05, 0) is 44.9 Å². The number of nitrogens with zero attached hydrogens (tertiary/aromatic N) is 1. The van der Waals surface area contributed by atoms with Crippen LogP contribution in [-0.2, 0) is 10.0 Å². The summed E-state index contributed by atoms with van der Waals surface area (Å²) in [5, 5.41) is 5.35. The fourth-order valence-corrected chi connectivity index (χ4v) is 3.27. The highest BCUT2D eigenvalue weighted by molar-refractivity contribution is 7.89. The normalized spacial score (nSPS) is 11.8. The summed E-state index contributed by atoms with van der Waals surface area (Å²) in [4.78, 5) is 14.2. The SMILES string of the molecule is CCCN(C(=O)c1cc(Cl)cc(S(N)(=O)=O)c1C)C(C)C. The number of hydrogen-bond acceptors (Lipinski definition) is 3. The lowest BCUT2D eigenvalue weighted by atomic mass is 10.1. The van der Waals surface area contributed by atoms with Crippen LogP contribution >= 0.6 is 11.6 Å². The van der Waals surface area contributed by atoms with Crippen LogP contribution in [0.5, 0.6) is 0 Å². The Bertz CT molecular complexity index is 642. The van der Waals surface area contributed by atoms with E-state index in [0.717, 1.165) is 6.42 Å². The number of carbonyl (C=O) groups excluding carboxylic acids is 1. The Balaban J connectivity index is 3.43. The van der Waals surface area contributed by atoms with E-state index in [9.17, 15) is 13.2 Å². The molecule has 0 aliphatic heterocycles. The standard InChI is InChI=1S/C14H21ClN2O3S/c1-5-6-17(9(2)3)14(18)12-7-11(15)8-13(10(12)4)21(16,19)20/h7-9H,5-6H2,1-4H3,(H2,16,19,20). The zero-order chi connectivity index (χ0) is 16.4. The first-order valence-corrected chi connectivity index (χ1v) is 8.66. The van der Waals surface area contributed by atoms with E-state index in [-0.39, 0.29) is 27.4 Å². The third-order valence-corrected chi connectivity index (χ3v) is 4.47. The van der Waals surface area contributed by atoms with Gasteiger partial charge in [0, 0.05) is 23.2 Å². The lowest BCUT2D eigenvalue weighted by Crippen LogP contribution is -2.38. The number of halogens is 1. The van der Waals surface area contributed by atoms with Crippen molar-refractivity contribution in [2.45, 2.75) is 45.1 Å². The van der Waals surface area contributed by atoms with Crippen LogP contribution in [0.1, 0.15) is 43.1 Å². The minimum absolute atomic E-state index is 0.00812. The molecular weight excluding hydrogens is 312 g/mol. The Morgan fingerprint density at radius 1 is 1.38 bits per heavy atom. The van der Waals surface area contributed by atoms with Gasteiger partial charge in [-0.2, -0.15) is 0 Å². The van der Waals surface area contributed by atoms with Crippen molar-refractivity contribution in [3.63, 3.8) is 0 Å². The maximum Gasteiger partial charge on any atom is 0.254 e. The van der Waals surface area contributed by atoms with Crippen LogP contribution in [0, 0.1) is 6.92 Å². The summed E-state index contributed by atoms with van der Waals surface area (Å²) >= 11 is 5.94. The van der Waals surface area contributed by atoms with Crippen molar-refractivity contribution in [1.29, 1.82) is 0 Å². The number of rotatable bonds is 5. The molecular formula is C14H21ClN2O3S. The van der Waals surface area contributed by atoms with Gasteiger partial charge in [-0.1, -0.05) is 18.5 Å². The van der Waals surface area contributed by atoms with Crippen molar-refractivity contribution in [1.82, 2.24) is 4.90 Å². The average Bonchev–Trinajstić information content (AvgIpc) is 2.35. The molecule has 5 nitrogen and oxygen atoms in total. The molecule has 0 aliphatic rings. The number of nitrogens with two attached hydrogens (primary N) is 1. The van der Waals surface area contributed by atoms with Gasteiger partial charge < -0.3 is 4.90 Å². The van der Waals surface area contributed by atoms with Crippen molar-refractivity contribution >= 4 is 27.5 Å². The van der Waals surface area contributed by atoms with E-state index in [1.807, 2.05) is 20.8 Å². The molecule has 2 N–H and O–H groups in total. The largest absolute Gasteiger partial charge is 0.336 e. The molecule has 21 heavy (non-hydrogen) atoms. The maximum atomic E-state index is 12.7. The molecule has 1 aromatic rings.